The summed E-state index contributed by atoms with van der Waals surface area (Å²) >= 11 is 3.32. The number of hydrogen-bond acceptors (Lipinski definition) is 1. The zero-order valence-corrected chi connectivity index (χ0v) is 13.2. The first-order valence-corrected chi connectivity index (χ1v) is 8.08. The molecule has 0 saturated heterocycles. The van der Waals surface area contributed by atoms with Crippen LogP contribution >= 0.6 is 15.9 Å². The van der Waals surface area contributed by atoms with Crippen molar-refractivity contribution in [1.82, 2.24) is 5.32 Å². The smallest absolute Gasteiger partial charge is 0.127 e. The Morgan fingerprint density at radius 1 is 1.21 bits per heavy atom. The Morgan fingerprint density at radius 2 is 1.95 bits per heavy atom. The van der Waals surface area contributed by atoms with Crippen LogP contribution in [0.3, 0.4) is 0 Å². The van der Waals surface area contributed by atoms with Crippen LogP contribution in [-0.2, 0) is 6.42 Å². The molecule has 1 aliphatic rings. The number of benzene rings is 1. The molecule has 3 heteroatoms. The molecule has 0 spiro atoms. The van der Waals surface area contributed by atoms with Gasteiger partial charge in [0.1, 0.15) is 5.82 Å². The van der Waals surface area contributed by atoms with Crippen LogP contribution in [0.25, 0.3) is 0 Å². The van der Waals surface area contributed by atoms with Gasteiger partial charge < -0.3 is 5.32 Å². The van der Waals surface area contributed by atoms with Crippen LogP contribution in [0.4, 0.5) is 4.39 Å². The number of nitrogens with one attached hydrogen (secondary N) is 1. The molecule has 1 fully saturated rings. The van der Waals surface area contributed by atoms with Gasteiger partial charge in [-0.3, -0.25) is 0 Å². The minimum absolute atomic E-state index is 0.0678. The average molecular weight is 328 g/mol. The van der Waals surface area contributed by atoms with Gasteiger partial charge in [0.15, 0.2) is 0 Å². The summed E-state index contributed by atoms with van der Waals surface area (Å²) in [7, 11) is 2.02. The summed E-state index contributed by atoms with van der Waals surface area (Å²) in [6, 6.07) is 5.46. The molecule has 1 aromatic rings. The largest absolute Gasteiger partial charge is 0.319 e. The molecule has 1 saturated carbocycles. The molecule has 0 radical (unpaired) electrons. The van der Waals surface area contributed by atoms with Gasteiger partial charge in [0.2, 0.25) is 0 Å². The second-order valence-corrected chi connectivity index (χ2v) is 6.57. The van der Waals surface area contributed by atoms with Gasteiger partial charge in [-0.1, -0.05) is 41.3 Å². The SMILES string of the molecule is CNCC1CCCCCC1Cc1ccc(Br)cc1F. The lowest BCUT2D eigenvalue weighted by molar-refractivity contribution is 0.301. The van der Waals surface area contributed by atoms with E-state index in [1.807, 2.05) is 19.2 Å². The normalized spacial score (nSPS) is 24.2. The van der Waals surface area contributed by atoms with Crippen molar-refractivity contribution in [1.29, 1.82) is 0 Å². The van der Waals surface area contributed by atoms with Gasteiger partial charge in [0.05, 0.1) is 0 Å². The highest BCUT2D eigenvalue weighted by Crippen LogP contribution is 2.32. The molecule has 19 heavy (non-hydrogen) atoms. The number of halogens is 2. The van der Waals surface area contributed by atoms with E-state index in [0.29, 0.717) is 11.8 Å². The van der Waals surface area contributed by atoms with Crippen molar-refractivity contribution >= 4 is 15.9 Å². The molecule has 2 unspecified atom stereocenters. The van der Waals surface area contributed by atoms with Crippen LogP contribution in [0.5, 0.6) is 0 Å². The zero-order chi connectivity index (χ0) is 13.7. The van der Waals surface area contributed by atoms with Crippen LogP contribution in [0.2, 0.25) is 0 Å². The second kappa shape index (κ2) is 7.39. The van der Waals surface area contributed by atoms with Crippen LogP contribution in [0.15, 0.2) is 22.7 Å². The molecule has 0 bridgehead atoms. The van der Waals surface area contributed by atoms with Crippen molar-refractivity contribution in [2.75, 3.05) is 13.6 Å². The fourth-order valence-electron chi connectivity index (χ4n) is 3.23. The Kier molecular flexibility index (Phi) is 5.83. The van der Waals surface area contributed by atoms with E-state index in [4.69, 9.17) is 0 Å². The minimum atomic E-state index is -0.0678. The molecule has 0 aromatic heterocycles. The molecule has 1 nitrogen and oxygen atoms in total. The van der Waals surface area contributed by atoms with Gasteiger partial charge in [-0.05, 0) is 62.4 Å². The Labute approximate surface area is 124 Å². The van der Waals surface area contributed by atoms with Gasteiger partial charge in [0, 0.05) is 4.47 Å². The average Bonchev–Trinajstić information content (AvgIpc) is 2.59. The first-order chi connectivity index (χ1) is 9.20. The Bertz CT molecular complexity index is 408. The maximum absolute atomic E-state index is 14.0. The molecular formula is C16H23BrFN. The molecular weight excluding hydrogens is 305 g/mol. The summed E-state index contributed by atoms with van der Waals surface area (Å²) in [4.78, 5) is 0. The van der Waals surface area contributed by atoms with Crippen LogP contribution < -0.4 is 5.32 Å². The number of rotatable bonds is 4. The Morgan fingerprint density at radius 3 is 2.63 bits per heavy atom. The highest BCUT2D eigenvalue weighted by molar-refractivity contribution is 9.10. The second-order valence-electron chi connectivity index (χ2n) is 5.66. The molecule has 0 amide bonds. The fraction of sp³-hybridized carbons (Fsp3) is 0.625. The van der Waals surface area contributed by atoms with Gasteiger partial charge >= 0.3 is 0 Å². The van der Waals surface area contributed by atoms with Crippen LogP contribution in [0, 0.1) is 17.7 Å². The Hall–Kier alpha value is -0.410. The van der Waals surface area contributed by atoms with Crippen molar-refractivity contribution < 1.29 is 4.39 Å². The lowest BCUT2D eigenvalue weighted by Crippen LogP contribution is -2.26. The number of hydrogen-bond donors (Lipinski definition) is 1. The summed E-state index contributed by atoms with van der Waals surface area (Å²) in [6.45, 7) is 1.06. The summed E-state index contributed by atoms with van der Waals surface area (Å²) in [5, 5.41) is 3.30. The predicted octanol–water partition coefficient (Wildman–Crippen LogP) is 4.55. The molecule has 1 aliphatic carbocycles. The molecule has 2 atom stereocenters. The van der Waals surface area contributed by atoms with E-state index < -0.39 is 0 Å². The maximum Gasteiger partial charge on any atom is 0.127 e. The summed E-state index contributed by atoms with van der Waals surface area (Å²) in [5.74, 6) is 1.24. The van der Waals surface area contributed by atoms with E-state index in [-0.39, 0.29) is 5.82 Å². The van der Waals surface area contributed by atoms with Crippen molar-refractivity contribution in [2.24, 2.45) is 11.8 Å². The first-order valence-electron chi connectivity index (χ1n) is 7.29. The molecule has 1 N–H and O–H groups in total. The van der Waals surface area contributed by atoms with E-state index >= 15 is 0 Å². The van der Waals surface area contributed by atoms with Crippen LogP contribution in [0.1, 0.15) is 37.7 Å². The van der Waals surface area contributed by atoms with E-state index in [2.05, 4.69) is 21.2 Å². The summed E-state index contributed by atoms with van der Waals surface area (Å²) < 4.78 is 14.8. The Balaban J connectivity index is 2.09. The predicted molar refractivity (Wildman–Crippen MR) is 81.8 cm³/mol. The maximum atomic E-state index is 14.0. The fourth-order valence-corrected chi connectivity index (χ4v) is 3.56. The molecule has 1 aromatic carbocycles. The van der Waals surface area contributed by atoms with Crippen molar-refractivity contribution in [2.45, 2.75) is 38.5 Å². The molecule has 106 valence electrons. The van der Waals surface area contributed by atoms with E-state index in [0.717, 1.165) is 23.0 Å². The van der Waals surface area contributed by atoms with E-state index in [9.17, 15) is 4.39 Å². The first kappa shape index (κ1) is 15.0. The highest BCUT2D eigenvalue weighted by Gasteiger charge is 2.24. The van der Waals surface area contributed by atoms with Gasteiger partial charge in [0.25, 0.3) is 0 Å². The van der Waals surface area contributed by atoms with E-state index in [1.165, 1.54) is 32.1 Å². The third kappa shape index (κ3) is 4.28. The lowest BCUT2D eigenvalue weighted by Gasteiger charge is -2.25. The third-order valence-electron chi connectivity index (χ3n) is 4.28. The quantitative estimate of drug-likeness (QED) is 0.800. The molecule has 2 rings (SSSR count). The molecule has 0 heterocycles. The lowest BCUT2D eigenvalue weighted by atomic mass is 9.83. The minimum Gasteiger partial charge on any atom is -0.319 e. The van der Waals surface area contributed by atoms with Gasteiger partial charge in [-0.15, -0.1) is 0 Å². The van der Waals surface area contributed by atoms with Crippen molar-refractivity contribution in [3.63, 3.8) is 0 Å². The van der Waals surface area contributed by atoms with E-state index in [1.54, 1.807) is 6.07 Å². The highest BCUT2D eigenvalue weighted by atomic mass is 79.9. The van der Waals surface area contributed by atoms with Crippen molar-refractivity contribution in [3.05, 3.63) is 34.1 Å². The third-order valence-corrected chi connectivity index (χ3v) is 4.77. The van der Waals surface area contributed by atoms with Gasteiger partial charge in [-0.25, -0.2) is 4.39 Å². The molecule has 0 aliphatic heterocycles. The monoisotopic (exact) mass is 327 g/mol. The zero-order valence-electron chi connectivity index (χ0n) is 11.6. The van der Waals surface area contributed by atoms with Crippen LogP contribution in [-0.4, -0.2) is 13.6 Å². The summed E-state index contributed by atoms with van der Waals surface area (Å²) in [6.07, 6.45) is 7.35. The topological polar surface area (TPSA) is 12.0 Å². The van der Waals surface area contributed by atoms with Crippen molar-refractivity contribution in [3.8, 4) is 0 Å². The standard InChI is InChI=1S/C16H23BrFN/c1-19-11-14-6-4-2-3-5-12(14)9-13-7-8-15(17)10-16(13)18/h7-8,10,12,14,19H,2-6,9,11H2,1H3. The summed E-state index contributed by atoms with van der Waals surface area (Å²) in [5.41, 5.74) is 0.871. The van der Waals surface area contributed by atoms with Gasteiger partial charge in [-0.2, -0.15) is 0 Å².